The minimum absolute atomic E-state index is 0.499. The zero-order chi connectivity index (χ0) is 16.5. The van der Waals surface area contributed by atoms with Crippen LogP contribution >= 0.6 is 11.6 Å². The van der Waals surface area contributed by atoms with Crippen molar-refractivity contribution in [1.29, 1.82) is 0 Å². The van der Waals surface area contributed by atoms with E-state index in [1.54, 1.807) is 0 Å². The highest BCUT2D eigenvalue weighted by Gasteiger charge is 2.08. The van der Waals surface area contributed by atoms with Gasteiger partial charge >= 0.3 is 0 Å². The van der Waals surface area contributed by atoms with Gasteiger partial charge in [-0.25, -0.2) is 9.97 Å². The van der Waals surface area contributed by atoms with E-state index >= 15 is 0 Å². The molecule has 22 heavy (non-hydrogen) atoms. The van der Waals surface area contributed by atoms with Crippen molar-refractivity contribution in [2.45, 2.75) is 34.6 Å². The van der Waals surface area contributed by atoms with Crippen molar-refractivity contribution in [3.8, 4) is 11.4 Å². The van der Waals surface area contributed by atoms with Crippen LogP contribution in [0.3, 0.4) is 0 Å². The van der Waals surface area contributed by atoms with Crippen molar-refractivity contribution in [1.82, 2.24) is 9.97 Å². The standard InChI is InChI=1S/C15H11ClN2.2C2H6/c1-10-6-2-3-7-11(10)15-17-13-9-5-4-8-12(13)14(16)18-15;2*1-2/h2-9H,1H3;2*1-2H3. The molecule has 0 N–H and O–H groups in total. The molecule has 0 spiro atoms. The number of nitrogens with zero attached hydrogens (tertiary/aromatic N) is 2. The molecule has 0 radical (unpaired) electrons. The van der Waals surface area contributed by atoms with Crippen LogP contribution in [-0.4, -0.2) is 9.97 Å². The quantitative estimate of drug-likeness (QED) is 0.492. The van der Waals surface area contributed by atoms with Gasteiger partial charge in [0.25, 0.3) is 0 Å². The van der Waals surface area contributed by atoms with E-state index in [2.05, 4.69) is 9.97 Å². The molecule has 0 aliphatic rings. The summed E-state index contributed by atoms with van der Waals surface area (Å²) < 4.78 is 0. The van der Waals surface area contributed by atoms with Gasteiger partial charge in [0.1, 0.15) is 5.15 Å². The Labute approximate surface area is 138 Å². The summed E-state index contributed by atoms with van der Waals surface area (Å²) in [6.07, 6.45) is 0. The first-order valence-electron chi connectivity index (χ1n) is 7.74. The molecule has 0 aliphatic heterocycles. The zero-order valence-electron chi connectivity index (χ0n) is 13.9. The lowest BCUT2D eigenvalue weighted by Gasteiger charge is -2.06. The molecule has 3 heteroatoms. The number of hydrogen-bond donors (Lipinski definition) is 0. The molecular weight excluding hydrogens is 292 g/mol. The van der Waals surface area contributed by atoms with Crippen LogP contribution in [0.15, 0.2) is 48.5 Å². The average Bonchev–Trinajstić information content (AvgIpc) is 2.59. The maximum absolute atomic E-state index is 6.21. The Morgan fingerprint density at radius 2 is 1.36 bits per heavy atom. The van der Waals surface area contributed by atoms with Gasteiger partial charge in [-0.05, 0) is 24.6 Å². The van der Waals surface area contributed by atoms with Crippen LogP contribution in [0.1, 0.15) is 33.3 Å². The van der Waals surface area contributed by atoms with Crippen LogP contribution < -0.4 is 0 Å². The second-order valence-electron chi connectivity index (χ2n) is 4.17. The molecule has 2 nitrogen and oxygen atoms in total. The second-order valence-corrected chi connectivity index (χ2v) is 4.53. The lowest BCUT2D eigenvalue weighted by atomic mass is 10.1. The third-order valence-electron chi connectivity index (χ3n) is 2.94. The van der Waals surface area contributed by atoms with E-state index in [1.807, 2.05) is 83.1 Å². The number of fused-ring (bicyclic) bond motifs is 1. The van der Waals surface area contributed by atoms with E-state index < -0.39 is 0 Å². The topological polar surface area (TPSA) is 25.8 Å². The van der Waals surface area contributed by atoms with Crippen LogP contribution in [0.25, 0.3) is 22.3 Å². The summed E-state index contributed by atoms with van der Waals surface area (Å²) in [5.41, 5.74) is 3.03. The van der Waals surface area contributed by atoms with Crippen LogP contribution in [0, 0.1) is 6.92 Å². The van der Waals surface area contributed by atoms with E-state index in [1.165, 1.54) is 0 Å². The SMILES string of the molecule is CC.CC.Cc1ccccc1-c1nc(Cl)c2ccccc2n1. The summed E-state index contributed by atoms with van der Waals surface area (Å²) in [5, 5.41) is 1.38. The molecule has 3 aromatic rings. The van der Waals surface area contributed by atoms with E-state index in [0.29, 0.717) is 11.0 Å². The highest BCUT2D eigenvalue weighted by Crippen LogP contribution is 2.26. The molecule has 0 amide bonds. The number of benzene rings is 2. The first-order chi connectivity index (χ1) is 10.8. The fraction of sp³-hybridized carbons (Fsp3) is 0.263. The molecule has 2 aromatic carbocycles. The van der Waals surface area contributed by atoms with Crippen molar-refractivity contribution < 1.29 is 0 Å². The third-order valence-corrected chi connectivity index (χ3v) is 3.23. The average molecular weight is 315 g/mol. The Morgan fingerprint density at radius 1 is 0.773 bits per heavy atom. The second kappa shape index (κ2) is 9.16. The Hall–Kier alpha value is -1.93. The number of para-hydroxylation sites is 1. The Balaban J connectivity index is 0.000000561. The predicted octanol–water partition coefficient (Wildman–Crippen LogP) is 6.31. The van der Waals surface area contributed by atoms with Gasteiger partial charge in [0.05, 0.1) is 5.52 Å². The highest BCUT2D eigenvalue weighted by atomic mass is 35.5. The Kier molecular flexibility index (Phi) is 7.55. The van der Waals surface area contributed by atoms with Crippen molar-refractivity contribution in [3.05, 3.63) is 59.2 Å². The van der Waals surface area contributed by atoms with Gasteiger partial charge in [0.15, 0.2) is 5.82 Å². The minimum Gasteiger partial charge on any atom is -0.228 e. The summed E-state index contributed by atoms with van der Waals surface area (Å²) >= 11 is 6.21. The molecule has 0 fully saturated rings. The van der Waals surface area contributed by atoms with Gasteiger partial charge in [0, 0.05) is 10.9 Å². The van der Waals surface area contributed by atoms with Gasteiger partial charge < -0.3 is 0 Å². The first-order valence-corrected chi connectivity index (χ1v) is 8.12. The molecule has 3 rings (SSSR count). The molecule has 0 bridgehead atoms. The van der Waals surface area contributed by atoms with Crippen LogP contribution in [0.2, 0.25) is 5.15 Å². The number of aromatic nitrogens is 2. The Morgan fingerprint density at radius 3 is 2.05 bits per heavy atom. The molecular formula is C19H23ClN2. The summed E-state index contributed by atoms with van der Waals surface area (Å²) in [6.45, 7) is 10.0. The van der Waals surface area contributed by atoms with E-state index in [4.69, 9.17) is 11.6 Å². The van der Waals surface area contributed by atoms with Gasteiger partial charge in [-0.3, -0.25) is 0 Å². The minimum atomic E-state index is 0.499. The molecule has 116 valence electrons. The van der Waals surface area contributed by atoms with Crippen molar-refractivity contribution in [2.75, 3.05) is 0 Å². The lowest BCUT2D eigenvalue weighted by molar-refractivity contribution is 1.21. The van der Waals surface area contributed by atoms with Gasteiger partial charge in [-0.2, -0.15) is 0 Å². The normalized spacial score (nSPS) is 9.36. The summed E-state index contributed by atoms with van der Waals surface area (Å²) in [4.78, 5) is 8.96. The van der Waals surface area contributed by atoms with Crippen molar-refractivity contribution >= 4 is 22.5 Å². The number of halogens is 1. The first kappa shape index (κ1) is 18.1. The number of hydrogen-bond acceptors (Lipinski definition) is 2. The monoisotopic (exact) mass is 314 g/mol. The number of rotatable bonds is 1. The van der Waals surface area contributed by atoms with Crippen LogP contribution in [0.5, 0.6) is 0 Å². The molecule has 0 atom stereocenters. The van der Waals surface area contributed by atoms with E-state index in [-0.39, 0.29) is 0 Å². The third kappa shape index (κ3) is 4.05. The highest BCUT2D eigenvalue weighted by molar-refractivity contribution is 6.34. The Bertz CT molecular complexity index is 723. The van der Waals surface area contributed by atoms with Gasteiger partial charge in [0.2, 0.25) is 0 Å². The number of aryl methyl sites for hydroxylation is 1. The molecule has 0 aliphatic carbocycles. The van der Waals surface area contributed by atoms with Crippen LogP contribution in [0.4, 0.5) is 0 Å². The molecule has 1 aromatic heterocycles. The molecule has 0 saturated carbocycles. The fourth-order valence-corrected chi connectivity index (χ4v) is 2.22. The van der Waals surface area contributed by atoms with Gasteiger partial charge in [-0.1, -0.05) is 75.7 Å². The predicted molar refractivity (Wildman–Crippen MR) is 97.4 cm³/mol. The van der Waals surface area contributed by atoms with Gasteiger partial charge in [-0.15, -0.1) is 0 Å². The molecule has 1 heterocycles. The fourth-order valence-electron chi connectivity index (χ4n) is 1.98. The van der Waals surface area contributed by atoms with Crippen LogP contribution in [-0.2, 0) is 0 Å². The summed E-state index contributed by atoms with van der Waals surface area (Å²) in [6, 6.07) is 15.8. The lowest BCUT2D eigenvalue weighted by Crippen LogP contribution is -1.93. The molecule has 0 saturated heterocycles. The smallest absolute Gasteiger partial charge is 0.161 e. The van der Waals surface area contributed by atoms with E-state index in [0.717, 1.165) is 22.0 Å². The summed E-state index contributed by atoms with van der Waals surface area (Å²) in [7, 11) is 0. The largest absolute Gasteiger partial charge is 0.228 e. The molecule has 0 unspecified atom stereocenters. The zero-order valence-corrected chi connectivity index (χ0v) is 14.6. The summed E-state index contributed by atoms with van der Waals surface area (Å²) in [5.74, 6) is 0.678. The van der Waals surface area contributed by atoms with Crippen molar-refractivity contribution in [2.24, 2.45) is 0 Å². The van der Waals surface area contributed by atoms with E-state index in [9.17, 15) is 0 Å². The van der Waals surface area contributed by atoms with Crippen molar-refractivity contribution in [3.63, 3.8) is 0 Å². The maximum atomic E-state index is 6.21. The maximum Gasteiger partial charge on any atom is 0.161 e.